The summed E-state index contributed by atoms with van der Waals surface area (Å²) in [6.07, 6.45) is 1.33. The topological polar surface area (TPSA) is 6.48 Å². The van der Waals surface area contributed by atoms with Gasteiger partial charge in [-0.1, -0.05) is 12.8 Å². The molecule has 2 aliphatic rings. The molecule has 0 aromatic carbocycles. The largest absolute Gasteiger partial charge is 0.300 e. The Labute approximate surface area is 61.4 Å². The first kappa shape index (κ1) is 6.01. The normalized spacial score (nSPS) is 44.7. The minimum Gasteiger partial charge on any atom is -0.300 e. The third kappa shape index (κ3) is 0.876. The Morgan fingerprint density at radius 1 is 1.33 bits per heavy atom. The Morgan fingerprint density at radius 2 is 2.11 bits per heavy atom. The molecule has 2 nitrogen and oxygen atoms in total. The van der Waals surface area contributed by atoms with E-state index in [0.29, 0.717) is 0 Å². The van der Waals surface area contributed by atoms with E-state index in [9.17, 15) is 0 Å². The molecule has 3 heteroatoms. The van der Waals surface area contributed by atoms with Crippen molar-refractivity contribution in [3.63, 3.8) is 0 Å². The van der Waals surface area contributed by atoms with Crippen LogP contribution in [0.25, 0.3) is 0 Å². The van der Waals surface area contributed by atoms with Gasteiger partial charge in [0.1, 0.15) is 0 Å². The van der Waals surface area contributed by atoms with Crippen LogP contribution in [0.4, 0.5) is 0 Å². The van der Waals surface area contributed by atoms with E-state index in [4.69, 9.17) is 0 Å². The first-order valence-corrected chi connectivity index (χ1v) is 3.85. The van der Waals surface area contributed by atoms with Gasteiger partial charge in [-0.3, -0.25) is 0 Å². The van der Waals surface area contributed by atoms with Crippen molar-refractivity contribution in [3.8, 4) is 0 Å². The van der Waals surface area contributed by atoms with Crippen LogP contribution in [0.3, 0.4) is 0 Å². The van der Waals surface area contributed by atoms with Gasteiger partial charge >= 0.3 is 0 Å². The van der Waals surface area contributed by atoms with Crippen LogP contribution in [0.15, 0.2) is 0 Å². The molecule has 0 bridgehead atoms. The summed E-state index contributed by atoms with van der Waals surface area (Å²) in [5.74, 6) is 0. The van der Waals surface area contributed by atoms with Crippen molar-refractivity contribution in [2.24, 2.45) is 0 Å². The monoisotopic (exact) mass is 144 g/mol. The fraction of sp³-hybridized carbons (Fsp3) is 1.00. The molecule has 1 aliphatic heterocycles. The minimum absolute atomic E-state index is 0.770. The molecule has 1 heterocycles. The maximum absolute atomic E-state index is 4.35. The standard InChI is InChI=1S/C6H12N2S/c1-7-2-3-8(9)6-4-5(6)7/h5-6,9H,2-4H2,1H3. The van der Waals surface area contributed by atoms with Gasteiger partial charge in [-0.2, -0.15) is 0 Å². The van der Waals surface area contributed by atoms with E-state index >= 15 is 0 Å². The van der Waals surface area contributed by atoms with Crippen LogP contribution in [0, 0.1) is 0 Å². The Hall–Kier alpha value is 0.270. The Bertz CT molecular complexity index is 114. The lowest BCUT2D eigenvalue weighted by atomic mass is 10.4. The van der Waals surface area contributed by atoms with Crippen molar-refractivity contribution in [2.75, 3.05) is 20.1 Å². The predicted molar refractivity (Wildman–Crippen MR) is 40.5 cm³/mol. The van der Waals surface area contributed by atoms with Crippen molar-refractivity contribution in [1.29, 1.82) is 0 Å². The van der Waals surface area contributed by atoms with Crippen molar-refractivity contribution in [3.05, 3.63) is 0 Å². The summed E-state index contributed by atoms with van der Waals surface area (Å²) in [6.45, 7) is 2.31. The van der Waals surface area contributed by atoms with Crippen molar-refractivity contribution in [2.45, 2.75) is 18.5 Å². The van der Waals surface area contributed by atoms with Crippen LogP contribution in [-0.4, -0.2) is 41.4 Å². The molecule has 2 unspecified atom stereocenters. The zero-order valence-electron chi connectivity index (χ0n) is 5.62. The summed E-state index contributed by atoms with van der Waals surface area (Å²) < 4.78 is 2.17. The number of rotatable bonds is 0. The van der Waals surface area contributed by atoms with Gasteiger partial charge in [0.05, 0.1) is 0 Å². The number of nitrogens with zero attached hydrogens (tertiary/aromatic N) is 2. The summed E-state index contributed by atoms with van der Waals surface area (Å²) in [7, 11) is 2.20. The Kier molecular flexibility index (Phi) is 1.25. The fourth-order valence-electron chi connectivity index (χ4n) is 1.55. The van der Waals surface area contributed by atoms with Crippen molar-refractivity contribution >= 4 is 12.8 Å². The van der Waals surface area contributed by atoms with E-state index < -0.39 is 0 Å². The second kappa shape index (κ2) is 1.87. The van der Waals surface area contributed by atoms with Crippen LogP contribution in [0.2, 0.25) is 0 Å². The molecule has 0 spiro atoms. The number of hydrogen-bond donors (Lipinski definition) is 1. The van der Waals surface area contributed by atoms with Gasteiger partial charge in [-0.25, -0.2) is 4.31 Å². The molecule has 0 N–H and O–H groups in total. The molecule has 2 rings (SSSR count). The number of likely N-dealkylation sites (N-methyl/N-ethyl adjacent to an activating group) is 1. The Morgan fingerprint density at radius 3 is 2.78 bits per heavy atom. The summed E-state index contributed by atoms with van der Waals surface area (Å²) in [5.41, 5.74) is 0. The Balaban J connectivity index is 2.01. The zero-order valence-corrected chi connectivity index (χ0v) is 6.51. The molecule has 2 atom stereocenters. The van der Waals surface area contributed by atoms with Crippen LogP contribution >= 0.6 is 12.8 Å². The minimum atomic E-state index is 0.770. The molecule has 0 amide bonds. The molecule has 1 saturated carbocycles. The summed E-state index contributed by atoms with van der Waals surface area (Å²) >= 11 is 4.35. The second-order valence-corrected chi connectivity index (χ2v) is 3.53. The van der Waals surface area contributed by atoms with Gasteiger partial charge in [-0.15, -0.1) is 0 Å². The average molecular weight is 144 g/mol. The molecule has 2 fully saturated rings. The lowest BCUT2D eigenvalue weighted by Crippen LogP contribution is -2.39. The molecular weight excluding hydrogens is 132 g/mol. The van der Waals surface area contributed by atoms with Gasteiger partial charge in [-0.05, 0) is 13.5 Å². The van der Waals surface area contributed by atoms with Gasteiger partial charge in [0, 0.05) is 25.2 Å². The molecule has 1 saturated heterocycles. The molecular formula is C6H12N2S. The van der Waals surface area contributed by atoms with Crippen LogP contribution in [0.5, 0.6) is 0 Å². The average Bonchev–Trinajstić information content (AvgIpc) is 2.57. The third-order valence-electron chi connectivity index (χ3n) is 2.35. The lowest BCUT2D eigenvalue weighted by Gasteiger charge is -2.27. The third-order valence-corrected chi connectivity index (χ3v) is 2.85. The number of piperazine rings is 1. The quantitative estimate of drug-likeness (QED) is 0.486. The van der Waals surface area contributed by atoms with Gasteiger partial charge < -0.3 is 4.90 Å². The first-order chi connectivity index (χ1) is 4.29. The van der Waals surface area contributed by atoms with E-state index in [1.807, 2.05) is 0 Å². The molecule has 52 valence electrons. The SMILES string of the molecule is CN1CCN(S)C2CC21. The van der Waals surface area contributed by atoms with Crippen LogP contribution < -0.4 is 0 Å². The van der Waals surface area contributed by atoms with E-state index in [1.165, 1.54) is 13.0 Å². The fourth-order valence-corrected chi connectivity index (χ4v) is 1.89. The summed E-state index contributed by atoms with van der Waals surface area (Å²) in [5, 5.41) is 0. The van der Waals surface area contributed by atoms with E-state index in [2.05, 4.69) is 29.1 Å². The van der Waals surface area contributed by atoms with E-state index in [1.54, 1.807) is 0 Å². The smallest absolute Gasteiger partial charge is 0.0372 e. The van der Waals surface area contributed by atoms with Gasteiger partial charge in [0.15, 0.2) is 0 Å². The van der Waals surface area contributed by atoms with E-state index in [-0.39, 0.29) is 0 Å². The molecule has 0 radical (unpaired) electrons. The van der Waals surface area contributed by atoms with Gasteiger partial charge in [0.2, 0.25) is 0 Å². The van der Waals surface area contributed by atoms with Crippen molar-refractivity contribution < 1.29 is 0 Å². The highest BCUT2D eigenvalue weighted by molar-refractivity contribution is 7.77. The van der Waals surface area contributed by atoms with Crippen LogP contribution in [0.1, 0.15) is 6.42 Å². The molecule has 1 aliphatic carbocycles. The summed E-state index contributed by atoms with van der Waals surface area (Å²) in [4.78, 5) is 2.43. The maximum atomic E-state index is 4.35. The second-order valence-electron chi connectivity index (χ2n) is 3.01. The first-order valence-electron chi connectivity index (χ1n) is 3.45. The number of fused-ring (bicyclic) bond motifs is 1. The van der Waals surface area contributed by atoms with Crippen LogP contribution in [-0.2, 0) is 0 Å². The van der Waals surface area contributed by atoms with E-state index in [0.717, 1.165) is 18.6 Å². The lowest BCUT2D eigenvalue weighted by molar-refractivity contribution is 0.229. The summed E-state index contributed by atoms with van der Waals surface area (Å²) in [6, 6.07) is 1.60. The highest BCUT2D eigenvalue weighted by atomic mass is 32.1. The highest BCUT2D eigenvalue weighted by Crippen LogP contribution is 2.36. The molecule has 9 heavy (non-hydrogen) atoms. The zero-order chi connectivity index (χ0) is 6.43. The molecule has 0 aromatic heterocycles. The molecule has 0 aromatic rings. The number of hydrogen-bond acceptors (Lipinski definition) is 3. The van der Waals surface area contributed by atoms with Gasteiger partial charge in [0.25, 0.3) is 0 Å². The van der Waals surface area contributed by atoms with Crippen molar-refractivity contribution in [1.82, 2.24) is 9.21 Å². The maximum Gasteiger partial charge on any atom is 0.0372 e. The number of thiol groups is 1. The predicted octanol–water partition coefficient (Wildman–Crippen LogP) is 0.220. The highest BCUT2D eigenvalue weighted by Gasteiger charge is 2.46.